The summed E-state index contributed by atoms with van der Waals surface area (Å²) in [5.74, 6) is -0.312. The highest BCUT2D eigenvalue weighted by Gasteiger charge is 2.14. The third-order valence-corrected chi connectivity index (χ3v) is 4.04. The van der Waals surface area contributed by atoms with Crippen LogP contribution in [0.15, 0.2) is 42.5 Å². The quantitative estimate of drug-likeness (QED) is 0.519. The molecule has 6 heteroatoms. The van der Waals surface area contributed by atoms with Crippen LogP contribution in [-0.2, 0) is 4.74 Å². The molecule has 0 aliphatic carbocycles. The Morgan fingerprint density at radius 2 is 1.65 bits per heavy atom. The molecular formula is C20H18N2O4. The number of aryl methyl sites for hydroxylation is 2. The highest BCUT2D eigenvalue weighted by molar-refractivity contribution is 6.00. The monoisotopic (exact) mass is 350 g/mol. The van der Waals surface area contributed by atoms with Gasteiger partial charge in [-0.05, 0) is 44.2 Å². The largest absolute Gasteiger partial charge is 0.497 e. The summed E-state index contributed by atoms with van der Waals surface area (Å²) < 4.78 is 10.2. The molecule has 1 heterocycles. The van der Waals surface area contributed by atoms with E-state index < -0.39 is 5.97 Å². The van der Waals surface area contributed by atoms with Crippen molar-refractivity contribution in [2.45, 2.75) is 13.8 Å². The zero-order valence-corrected chi connectivity index (χ0v) is 14.8. The van der Waals surface area contributed by atoms with Crippen LogP contribution in [0.5, 0.6) is 5.75 Å². The van der Waals surface area contributed by atoms with Crippen LogP contribution in [0.4, 0.5) is 0 Å². The fourth-order valence-corrected chi connectivity index (χ4v) is 2.45. The number of ketones is 1. The molecular weight excluding hydrogens is 332 g/mol. The number of benzene rings is 2. The van der Waals surface area contributed by atoms with Crippen molar-refractivity contribution in [3.8, 4) is 5.75 Å². The van der Waals surface area contributed by atoms with E-state index in [-0.39, 0.29) is 12.4 Å². The summed E-state index contributed by atoms with van der Waals surface area (Å²) in [4.78, 5) is 33.3. The van der Waals surface area contributed by atoms with Crippen LogP contribution in [0.2, 0.25) is 0 Å². The van der Waals surface area contributed by atoms with Crippen LogP contribution in [0.25, 0.3) is 11.0 Å². The van der Waals surface area contributed by atoms with Gasteiger partial charge in [-0.15, -0.1) is 0 Å². The highest BCUT2D eigenvalue weighted by Crippen LogP contribution is 2.16. The first-order valence-corrected chi connectivity index (χ1v) is 8.07. The van der Waals surface area contributed by atoms with Gasteiger partial charge in [-0.25, -0.2) is 14.8 Å². The van der Waals surface area contributed by atoms with Crippen LogP contribution in [0, 0.1) is 13.8 Å². The molecule has 0 amide bonds. The second kappa shape index (κ2) is 7.31. The zero-order chi connectivity index (χ0) is 18.7. The normalized spacial score (nSPS) is 10.6. The fourth-order valence-electron chi connectivity index (χ4n) is 2.45. The first kappa shape index (κ1) is 17.5. The number of carbonyl (C=O) groups excluding carboxylic acids is 2. The number of Topliss-reactive ketones (excluding diaryl/α,β-unsaturated/α-hetero) is 1. The standard InChI is InChI=1S/C20H18N2O4/c1-12-13(2)22-18-10-15(7-8-17(18)21-12)20(24)26-11-19(23)14-5-4-6-16(9-14)25-3/h4-10H,11H2,1-3H3. The van der Waals surface area contributed by atoms with Gasteiger partial charge in [0.2, 0.25) is 0 Å². The number of aromatic nitrogens is 2. The number of methoxy groups -OCH3 is 1. The molecule has 0 unspecified atom stereocenters. The van der Waals surface area contributed by atoms with Gasteiger partial charge in [0.15, 0.2) is 12.4 Å². The molecule has 0 atom stereocenters. The van der Waals surface area contributed by atoms with E-state index in [0.717, 1.165) is 11.4 Å². The molecule has 6 nitrogen and oxygen atoms in total. The number of carbonyl (C=O) groups is 2. The van der Waals surface area contributed by atoms with E-state index in [9.17, 15) is 9.59 Å². The topological polar surface area (TPSA) is 78.4 Å². The van der Waals surface area contributed by atoms with Crippen LogP contribution in [0.1, 0.15) is 32.1 Å². The molecule has 132 valence electrons. The van der Waals surface area contributed by atoms with Crippen LogP contribution in [-0.4, -0.2) is 35.4 Å². The van der Waals surface area contributed by atoms with Gasteiger partial charge in [-0.3, -0.25) is 4.79 Å². The van der Waals surface area contributed by atoms with Crippen molar-refractivity contribution >= 4 is 22.8 Å². The third kappa shape index (κ3) is 3.69. The smallest absolute Gasteiger partial charge is 0.338 e. The van der Waals surface area contributed by atoms with Gasteiger partial charge in [0.05, 0.1) is 35.1 Å². The molecule has 0 radical (unpaired) electrons. The molecule has 3 rings (SSSR count). The summed E-state index contributed by atoms with van der Waals surface area (Å²) in [5, 5.41) is 0. The molecule has 26 heavy (non-hydrogen) atoms. The molecule has 0 fully saturated rings. The number of rotatable bonds is 5. The molecule has 0 bridgehead atoms. The Morgan fingerprint density at radius 1 is 0.923 bits per heavy atom. The Hall–Kier alpha value is -3.28. The Balaban J connectivity index is 1.72. The molecule has 1 aromatic heterocycles. The second-order valence-electron chi connectivity index (χ2n) is 5.83. The van der Waals surface area contributed by atoms with Gasteiger partial charge in [-0.2, -0.15) is 0 Å². The summed E-state index contributed by atoms with van der Waals surface area (Å²) in [5.41, 5.74) is 3.72. The Bertz CT molecular complexity index is 998. The van der Waals surface area contributed by atoms with E-state index in [1.165, 1.54) is 7.11 Å². The van der Waals surface area contributed by atoms with Gasteiger partial charge in [0.1, 0.15) is 5.75 Å². The lowest BCUT2D eigenvalue weighted by Crippen LogP contribution is -2.14. The van der Waals surface area contributed by atoms with Crippen molar-refractivity contribution in [1.82, 2.24) is 9.97 Å². The first-order chi connectivity index (χ1) is 12.5. The van der Waals surface area contributed by atoms with Gasteiger partial charge in [-0.1, -0.05) is 12.1 Å². The molecule has 3 aromatic rings. The summed E-state index contributed by atoms with van der Waals surface area (Å²) in [6.07, 6.45) is 0. The minimum Gasteiger partial charge on any atom is -0.497 e. The fraction of sp³-hybridized carbons (Fsp3) is 0.200. The van der Waals surface area contributed by atoms with E-state index in [1.807, 2.05) is 13.8 Å². The van der Waals surface area contributed by atoms with Crippen molar-refractivity contribution in [1.29, 1.82) is 0 Å². The average molecular weight is 350 g/mol. The molecule has 0 saturated carbocycles. The summed E-state index contributed by atoms with van der Waals surface area (Å²) in [6.45, 7) is 3.40. The van der Waals surface area contributed by atoms with Crippen molar-refractivity contribution in [3.63, 3.8) is 0 Å². The van der Waals surface area contributed by atoms with Gasteiger partial charge < -0.3 is 9.47 Å². The van der Waals surface area contributed by atoms with E-state index >= 15 is 0 Å². The number of hydrogen-bond donors (Lipinski definition) is 0. The van der Waals surface area contributed by atoms with Crippen molar-refractivity contribution in [2.24, 2.45) is 0 Å². The lowest BCUT2D eigenvalue weighted by atomic mass is 10.1. The number of nitrogens with zero attached hydrogens (tertiary/aromatic N) is 2. The molecule has 0 spiro atoms. The van der Waals surface area contributed by atoms with Gasteiger partial charge in [0, 0.05) is 5.56 Å². The van der Waals surface area contributed by atoms with E-state index in [0.29, 0.717) is 27.9 Å². The summed E-state index contributed by atoms with van der Waals surface area (Å²) >= 11 is 0. The van der Waals surface area contributed by atoms with E-state index in [1.54, 1.807) is 42.5 Å². The highest BCUT2D eigenvalue weighted by atomic mass is 16.5. The number of hydrogen-bond acceptors (Lipinski definition) is 6. The van der Waals surface area contributed by atoms with E-state index in [4.69, 9.17) is 9.47 Å². The molecule has 0 aliphatic rings. The lowest BCUT2D eigenvalue weighted by molar-refractivity contribution is 0.0475. The Labute approximate surface area is 150 Å². The third-order valence-electron chi connectivity index (χ3n) is 4.04. The van der Waals surface area contributed by atoms with Crippen molar-refractivity contribution < 1.29 is 19.1 Å². The summed E-state index contributed by atoms with van der Waals surface area (Å²) in [6, 6.07) is 11.7. The summed E-state index contributed by atoms with van der Waals surface area (Å²) in [7, 11) is 1.52. The molecule has 2 aromatic carbocycles. The van der Waals surface area contributed by atoms with Gasteiger partial charge in [0.25, 0.3) is 0 Å². The van der Waals surface area contributed by atoms with Crippen LogP contribution >= 0.6 is 0 Å². The minimum atomic E-state index is -0.580. The predicted octanol–water partition coefficient (Wildman–Crippen LogP) is 3.29. The minimum absolute atomic E-state index is 0.302. The Morgan fingerprint density at radius 3 is 2.38 bits per heavy atom. The Kier molecular flexibility index (Phi) is 4.93. The molecule has 0 N–H and O–H groups in total. The van der Waals surface area contributed by atoms with Crippen LogP contribution < -0.4 is 4.74 Å². The molecule has 0 saturated heterocycles. The van der Waals surface area contributed by atoms with Gasteiger partial charge >= 0.3 is 5.97 Å². The second-order valence-corrected chi connectivity index (χ2v) is 5.83. The van der Waals surface area contributed by atoms with Crippen molar-refractivity contribution in [2.75, 3.05) is 13.7 Å². The number of esters is 1. The number of fused-ring (bicyclic) bond motifs is 1. The zero-order valence-electron chi connectivity index (χ0n) is 14.8. The lowest BCUT2D eigenvalue weighted by Gasteiger charge is -2.07. The van der Waals surface area contributed by atoms with Crippen molar-refractivity contribution in [3.05, 3.63) is 65.0 Å². The number of ether oxygens (including phenoxy) is 2. The van der Waals surface area contributed by atoms with Crippen LogP contribution in [0.3, 0.4) is 0 Å². The first-order valence-electron chi connectivity index (χ1n) is 8.07. The maximum absolute atomic E-state index is 12.3. The SMILES string of the molecule is COc1cccc(C(=O)COC(=O)c2ccc3nc(C)c(C)nc3c2)c1. The predicted molar refractivity (Wildman–Crippen MR) is 96.6 cm³/mol. The molecule has 0 aliphatic heterocycles. The average Bonchev–Trinajstić information content (AvgIpc) is 2.66. The maximum atomic E-state index is 12.3. The van der Waals surface area contributed by atoms with E-state index in [2.05, 4.69) is 9.97 Å². The maximum Gasteiger partial charge on any atom is 0.338 e.